The van der Waals surface area contributed by atoms with Crippen molar-refractivity contribution in [2.24, 2.45) is 11.3 Å². The zero-order valence-electron chi connectivity index (χ0n) is 7.18. The molecule has 2 fully saturated rings. The Labute approximate surface area is 72.2 Å². The van der Waals surface area contributed by atoms with Gasteiger partial charge in [-0.3, -0.25) is 4.79 Å². The third kappa shape index (κ3) is 1.04. The zero-order chi connectivity index (χ0) is 8.60. The van der Waals surface area contributed by atoms with Gasteiger partial charge in [0.1, 0.15) is 0 Å². The van der Waals surface area contributed by atoms with E-state index in [1.807, 2.05) is 0 Å². The Morgan fingerprint density at radius 1 is 1.67 bits per heavy atom. The fourth-order valence-electron chi connectivity index (χ4n) is 2.47. The zero-order valence-corrected chi connectivity index (χ0v) is 7.18. The third-order valence-electron chi connectivity index (χ3n) is 3.26. The fraction of sp³-hybridized carbons (Fsp3) is 0.889. The van der Waals surface area contributed by atoms with Gasteiger partial charge in [-0.15, -0.1) is 0 Å². The minimum Gasteiger partial charge on any atom is -0.395 e. The molecule has 0 aromatic carbocycles. The predicted octanol–water partition coefficient (Wildman–Crippen LogP) is 0.285. The van der Waals surface area contributed by atoms with Crippen molar-refractivity contribution in [3.8, 4) is 0 Å². The largest absolute Gasteiger partial charge is 0.395 e. The van der Waals surface area contributed by atoms with Crippen LogP contribution in [0.3, 0.4) is 0 Å². The van der Waals surface area contributed by atoms with Crippen LogP contribution >= 0.6 is 0 Å². The van der Waals surface area contributed by atoms with Gasteiger partial charge in [0.15, 0.2) is 0 Å². The summed E-state index contributed by atoms with van der Waals surface area (Å²) in [6.07, 6.45) is 4.59. The van der Waals surface area contributed by atoms with Gasteiger partial charge in [-0.05, 0) is 25.2 Å². The number of fused-ring (bicyclic) bond motifs is 1. The van der Waals surface area contributed by atoms with E-state index in [4.69, 9.17) is 5.11 Å². The topological polar surface area (TPSA) is 49.3 Å². The normalized spacial score (nSPS) is 37.6. The van der Waals surface area contributed by atoms with Crippen LogP contribution in [-0.4, -0.2) is 24.2 Å². The first-order valence-corrected chi connectivity index (χ1v) is 4.69. The van der Waals surface area contributed by atoms with Crippen LogP contribution in [0, 0.1) is 11.3 Å². The molecule has 2 aliphatic carbocycles. The van der Waals surface area contributed by atoms with Gasteiger partial charge in [0, 0.05) is 6.54 Å². The summed E-state index contributed by atoms with van der Waals surface area (Å²) >= 11 is 0. The van der Waals surface area contributed by atoms with E-state index in [2.05, 4.69) is 5.32 Å². The molecule has 0 spiro atoms. The fourth-order valence-corrected chi connectivity index (χ4v) is 2.47. The van der Waals surface area contributed by atoms with E-state index in [0.717, 1.165) is 12.8 Å². The van der Waals surface area contributed by atoms with E-state index in [1.54, 1.807) is 0 Å². The third-order valence-corrected chi connectivity index (χ3v) is 3.26. The summed E-state index contributed by atoms with van der Waals surface area (Å²) in [5.74, 6) is 0.843. The van der Waals surface area contributed by atoms with E-state index in [1.165, 1.54) is 12.8 Å². The molecular formula is C9H15NO2. The smallest absolute Gasteiger partial charge is 0.226 e. The van der Waals surface area contributed by atoms with Crippen molar-refractivity contribution < 1.29 is 9.90 Å². The van der Waals surface area contributed by atoms with Crippen LogP contribution in [0.2, 0.25) is 0 Å². The molecule has 2 atom stereocenters. The lowest BCUT2D eigenvalue weighted by Crippen LogP contribution is -2.33. The predicted molar refractivity (Wildman–Crippen MR) is 44.5 cm³/mol. The van der Waals surface area contributed by atoms with E-state index in [-0.39, 0.29) is 17.9 Å². The summed E-state index contributed by atoms with van der Waals surface area (Å²) in [5, 5.41) is 11.3. The second-order valence-electron chi connectivity index (χ2n) is 3.93. The molecule has 0 radical (unpaired) electrons. The van der Waals surface area contributed by atoms with Crippen LogP contribution in [0.1, 0.15) is 25.7 Å². The molecule has 3 nitrogen and oxygen atoms in total. The summed E-state index contributed by atoms with van der Waals surface area (Å²) in [6.45, 7) is 0.458. The Hall–Kier alpha value is -0.570. The lowest BCUT2D eigenvalue weighted by Gasteiger charge is -2.10. The number of hydrogen-bond acceptors (Lipinski definition) is 2. The second kappa shape index (κ2) is 2.73. The first-order valence-electron chi connectivity index (χ1n) is 4.69. The van der Waals surface area contributed by atoms with Crippen molar-refractivity contribution in [3.05, 3.63) is 0 Å². The molecule has 2 aliphatic rings. The number of carbonyl (C=O) groups excluding carboxylic acids is 1. The lowest BCUT2D eigenvalue weighted by atomic mass is 10.0. The summed E-state index contributed by atoms with van der Waals surface area (Å²) in [5.41, 5.74) is 0.00910. The number of rotatable bonds is 3. The first-order chi connectivity index (χ1) is 5.79. The highest BCUT2D eigenvalue weighted by molar-refractivity contribution is 5.86. The number of amides is 1. The van der Waals surface area contributed by atoms with Crippen LogP contribution in [0.25, 0.3) is 0 Å². The quantitative estimate of drug-likeness (QED) is 0.637. The van der Waals surface area contributed by atoms with Crippen LogP contribution in [0.4, 0.5) is 0 Å². The molecule has 2 rings (SSSR count). The van der Waals surface area contributed by atoms with Gasteiger partial charge < -0.3 is 10.4 Å². The molecular weight excluding hydrogens is 154 g/mol. The van der Waals surface area contributed by atoms with Crippen molar-refractivity contribution in [2.75, 3.05) is 13.2 Å². The Morgan fingerprint density at radius 2 is 2.50 bits per heavy atom. The van der Waals surface area contributed by atoms with Crippen LogP contribution in [-0.2, 0) is 4.79 Å². The molecule has 0 aromatic heterocycles. The summed E-state index contributed by atoms with van der Waals surface area (Å²) in [4.78, 5) is 11.5. The van der Waals surface area contributed by atoms with E-state index >= 15 is 0 Å². The van der Waals surface area contributed by atoms with Crippen LogP contribution in [0.5, 0.6) is 0 Å². The Bertz CT molecular complexity index is 205. The molecule has 1 amide bonds. The van der Waals surface area contributed by atoms with E-state index < -0.39 is 0 Å². The van der Waals surface area contributed by atoms with Gasteiger partial charge in [0.05, 0.1) is 12.0 Å². The van der Waals surface area contributed by atoms with Gasteiger partial charge in [-0.1, -0.05) is 6.42 Å². The molecule has 2 N–H and O–H groups in total. The molecule has 0 heterocycles. The maximum Gasteiger partial charge on any atom is 0.226 e. The lowest BCUT2D eigenvalue weighted by molar-refractivity contribution is -0.126. The molecule has 12 heavy (non-hydrogen) atoms. The Kier molecular flexibility index (Phi) is 1.83. The van der Waals surface area contributed by atoms with Crippen molar-refractivity contribution in [3.63, 3.8) is 0 Å². The van der Waals surface area contributed by atoms with Crippen LogP contribution < -0.4 is 5.32 Å². The molecule has 0 aromatic rings. The van der Waals surface area contributed by atoms with Crippen molar-refractivity contribution in [1.82, 2.24) is 5.32 Å². The minimum atomic E-state index is 0.00910. The number of hydrogen-bond donors (Lipinski definition) is 2. The van der Waals surface area contributed by atoms with Crippen molar-refractivity contribution in [1.29, 1.82) is 0 Å². The highest BCUT2D eigenvalue weighted by Gasteiger charge is 2.61. The number of carbonyl (C=O) groups is 1. The van der Waals surface area contributed by atoms with Gasteiger partial charge >= 0.3 is 0 Å². The van der Waals surface area contributed by atoms with E-state index in [0.29, 0.717) is 12.5 Å². The van der Waals surface area contributed by atoms with Gasteiger partial charge in [-0.2, -0.15) is 0 Å². The monoisotopic (exact) mass is 169 g/mol. The second-order valence-corrected chi connectivity index (χ2v) is 3.93. The average Bonchev–Trinajstić information content (AvgIpc) is 2.66. The number of aliphatic hydroxyl groups is 1. The summed E-state index contributed by atoms with van der Waals surface area (Å²) in [6, 6.07) is 0. The van der Waals surface area contributed by atoms with Crippen molar-refractivity contribution in [2.45, 2.75) is 25.7 Å². The standard InChI is InChI=1S/C9H15NO2/c11-5-4-10-8(12)9-3-1-2-7(9)6-9/h7,11H,1-6H2,(H,10,12). The molecule has 3 heteroatoms. The highest BCUT2D eigenvalue weighted by atomic mass is 16.3. The maximum absolute atomic E-state index is 11.5. The number of nitrogens with one attached hydrogen (secondary N) is 1. The molecule has 0 saturated heterocycles. The average molecular weight is 169 g/mol. The Morgan fingerprint density at radius 3 is 3.00 bits per heavy atom. The van der Waals surface area contributed by atoms with Crippen molar-refractivity contribution >= 4 is 5.91 Å². The van der Waals surface area contributed by atoms with Gasteiger partial charge in [0.25, 0.3) is 0 Å². The van der Waals surface area contributed by atoms with Gasteiger partial charge in [-0.25, -0.2) is 0 Å². The molecule has 0 aliphatic heterocycles. The van der Waals surface area contributed by atoms with E-state index in [9.17, 15) is 4.79 Å². The molecule has 2 saturated carbocycles. The molecule has 2 unspecified atom stereocenters. The molecule has 68 valence electrons. The molecule has 0 bridgehead atoms. The Balaban J connectivity index is 1.88. The van der Waals surface area contributed by atoms with Crippen LogP contribution in [0.15, 0.2) is 0 Å². The summed E-state index contributed by atoms with van der Waals surface area (Å²) in [7, 11) is 0. The number of aliphatic hydroxyl groups excluding tert-OH is 1. The highest BCUT2D eigenvalue weighted by Crippen LogP contribution is 2.63. The van der Waals surface area contributed by atoms with Gasteiger partial charge in [0.2, 0.25) is 5.91 Å². The minimum absolute atomic E-state index is 0.00910. The first kappa shape index (κ1) is 8.05. The summed E-state index contributed by atoms with van der Waals surface area (Å²) < 4.78 is 0. The SMILES string of the molecule is O=C(NCCO)C12CCCC1C2. The maximum atomic E-state index is 11.5.